The predicted molar refractivity (Wildman–Crippen MR) is 137 cm³/mol. The van der Waals surface area contributed by atoms with Crippen LogP contribution in [0.5, 0.6) is 0 Å². The fraction of sp³-hybridized carbons (Fsp3) is 0.440. The Morgan fingerprint density at radius 2 is 1.82 bits per heavy atom. The van der Waals surface area contributed by atoms with Gasteiger partial charge in [0.25, 0.3) is 0 Å². The Morgan fingerprint density at radius 1 is 1.12 bits per heavy atom. The average molecular weight is 508 g/mol. The molecule has 1 unspecified atom stereocenters. The Bertz CT molecular complexity index is 1120. The molecule has 7 nitrogen and oxygen atoms in total. The lowest BCUT2D eigenvalue weighted by Gasteiger charge is -2.32. The van der Waals surface area contributed by atoms with Crippen LogP contribution in [0.15, 0.2) is 42.5 Å². The van der Waals surface area contributed by atoms with Gasteiger partial charge in [0.1, 0.15) is 12.6 Å². The number of nitrogens with zero attached hydrogens (tertiary/aromatic N) is 2. The molecule has 1 atom stereocenters. The Morgan fingerprint density at radius 3 is 2.41 bits per heavy atom. The van der Waals surface area contributed by atoms with Gasteiger partial charge in [-0.15, -0.1) is 0 Å². The number of amides is 2. The van der Waals surface area contributed by atoms with Crippen molar-refractivity contribution in [3.63, 3.8) is 0 Å². The highest BCUT2D eigenvalue weighted by molar-refractivity contribution is 7.92. The van der Waals surface area contributed by atoms with Gasteiger partial charge in [-0.1, -0.05) is 54.8 Å². The van der Waals surface area contributed by atoms with Crippen LogP contribution < -0.4 is 9.62 Å². The summed E-state index contributed by atoms with van der Waals surface area (Å²) in [4.78, 5) is 27.8. The van der Waals surface area contributed by atoms with Gasteiger partial charge in [-0.3, -0.25) is 13.9 Å². The number of carbonyl (C=O) groups excluding carboxylic acids is 2. The van der Waals surface area contributed by atoms with E-state index in [0.717, 1.165) is 34.5 Å². The highest BCUT2D eigenvalue weighted by Crippen LogP contribution is 2.26. The molecule has 0 heterocycles. The smallest absolute Gasteiger partial charge is 0.244 e. The van der Waals surface area contributed by atoms with Crippen molar-refractivity contribution < 1.29 is 18.0 Å². The van der Waals surface area contributed by atoms with Gasteiger partial charge in [-0.05, 0) is 56.5 Å². The number of unbranched alkanes of at least 4 members (excludes halogenated alkanes) is 1. The number of rotatable bonds is 11. The number of aryl methyl sites for hydroxylation is 2. The summed E-state index contributed by atoms with van der Waals surface area (Å²) in [5.41, 5.74) is 2.88. The highest BCUT2D eigenvalue weighted by atomic mass is 35.5. The van der Waals surface area contributed by atoms with E-state index < -0.39 is 28.5 Å². The number of anilines is 1. The van der Waals surface area contributed by atoms with Crippen LogP contribution in [0.2, 0.25) is 5.02 Å². The maximum absolute atomic E-state index is 13.5. The third-order valence-corrected chi connectivity index (χ3v) is 6.90. The molecule has 0 radical (unpaired) electrons. The number of hydrogen-bond acceptors (Lipinski definition) is 4. The van der Waals surface area contributed by atoms with Gasteiger partial charge in [0.2, 0.25) is 21.8 Å². The lowest BCUT2D eigenvalue weighted by atomic mass is 10.1. The lowest BCUT2D eigenvalue weighted by molar-refractivity contribution is -0.139. The summed E-state index contributed by atoms with van der Waals surface area (Å²) in [6.45, 7) is 7.64. The molecule has 34 heavy (non-hydrogen) atoms. The molecule has 2 amide bonds. The van der Waals surface area contributed by atoms with Gasteiger partial charge < -0.3 is 10.2 Å². The van der Waals surface area contributed by atoms with Crippen molar-refractivity contribution in [1.82, 2.24) is 10.2 Å². The maximum atomic E-state index is 13.5. The fourth-order valence-electron chi connectivity index (χ4n) is 3.62. The molecule has 0 aliphatic carbocycles. The molecule has 0 aliphatic heterocycles. The van der Waals surface area contributed by atoms with Crippen LogP contribution in [0.4, 0.5) is 5.69 Å². The van der Waals surface area contributed by atoms with Gasteiger partial charge in [-0.2, -0.15) is 0 Å². The van der Waals surface area contributed by atoms with E-state index >= 15 is 0 Å². The van der Waals surface area contributed by atoms with Crippen molar-refractivity contribution in [3.05, 3.63) is 64.2 Å². The van der Waals surface area contributed by atoms with Crippen LogP contribution in [0, 0.1) is 13.8 Å². The molecular formula is C25H34ClN3O4S. The number of benzene rings is 2. The SMILES string of the molecule is CCCCNC(=O)C(C)N(Cc1cccc(C)c1)C(=O)CN(c1ccc(Cl)cc1C)S(C)(=O)=O. The Kier molecular flexibility index (Phi) is 9.94. The van der Waals surface area contributed by atoms with Gasteiger partial charge >= 0.3 is 0 Å². The van der Waals surface area contributed by atoms with E-state index in [1.165, 1.54) is 4.90 Å². The van der Waals surface area contributed by atoms with Gasteiger partial charge in [0.15, 0.2) is 0 Å². The second kappa shape index (κ2) is 12.2. The summed E-state index contributed by atoms with van der Waals surface area (Å²) in [6.07, 6.45) is 2.83. The average Bonchev–Trinajstić information content (AvgIpc) is 2.75. The molecule has 0 fully saturated rings. The molecule has 2 aromatic rings. The largest absolute Gasteiger partial charge is 0.354 e. The molecule has 9 heteroatoms. The van der Waals surface area contributed by atoms with Crippen molar-refractivity contribution in [2.75, 3.05) is 23.7 Å². The Balaban J connectivity index is 2.38. The number of nitrogens with one attached hydrogen (secondary N) is 1. The van der Waals surface area contributed by atoms with Crippen LogP contribution in [0.25, 0.3) is 0 Å². The first-order chi connectivity index (χ1) is 15.9. The second-order valence-electron chi connectivity index (χ2n) is 8.53. The summed E-state index contributed by atoms with van der Waals surface area (Å²) < 4.78 is 26.4. The van der Waals surface area contributed by atoms with Crippen LogP contribution in [-0.2, 0) is 26.2 Å². The predicted octanol–water partition coefficient (Wildman–Crippen LogP) is 4.06. The van der Waals surface area contributed by atoms with Crippen molar-refractivity contribution in [2.24, 2.45) is 0 Å². The minimum atomic E-state index is -3.78. The summed E-state index contributed by atoms with van der Waals surface area (Å²) >= 11 is 6.04. The molecule has 0 saturated carbocycles. The van der Waals surface area contributed by atoms with E-state index in [1.807, 2.05) is 38.1 Å². The molecule has 2 aromatic carbocycles. The van der Waals surface area contributed by atoms with Crippen LogP contribution in [0.1, 0.15) is 43.4 Å². The molecule has 186 valence electrons. The molecule has 0 bridgehead atoms. The first kappa shape index (κ1) is 27.7. The molecule has 0 aromatic heterocycles. The normalized spacial score (nSPS) is 12.2. The Labute approximate surface area is 208 Å². The van der Waals surface area contributed by atoms with E-state index in [9.17, 15) is 18.0 Å². The summed E-state index contributed by atoms with van der Waals surface area (Å²) in [5.74, 6) is -0.748. The Hall–Kier alpha value is -2.58. The van der Waals surface area contributed by atoms with Crippen molar-refractivity contribution in [3.8, 4) is 0 Å². The zero-order chi connectivity index (χ0) is 25.5. The third-order valence-electron chi connectivity index (χ3n) is 5.54. The number of halogens is 1. The van der Waals surface area contributed by atoms with E-state index in [4.69, 9.17) is 11.6 Å². The monoisotopic (exact) mass is 507 g/mol. The third kappa shape index (κ3) is 7.74. The van der Waals surface area contributed by atoms with Crippen LogP contribution >= 0.6 is 11.6 Å². The van der Waals surface area contributed by atoms with E-state index in [1.54, 1.807) is 32.0 Å². The molecular weight excluding hydrogens is 474 g/mol. The summed E-state index contributed by atoms with van der Waals surface area (Å²) in [6, 6.07) is 11.7. The van der Waals surface area contributed by atoms with Gasteiger partial charge in [-0.25, -0.2) is 8.42 Å². The quantitative estimate of drug-likeness (QED) is 0.465. The number of carbonyl (C=O) groups is 2. The van der Waals surface area contributed by atoms with E-state index in [2.05, 4.69) is 5.32 Å². The van der Waals surface area contributed by atoms with Crippen LogP contribution in [-0.4, -0.2) is 50.5 Å². The van der Waals surface area contributed by atoms with Crippen molar-refractivity contribution in [2.45, 2.75) is 53.1 Å². The molecule has 2 rings (SSSR count). The minimum absolute atomic E-state index is 0.181. The summed E-state index contributed by atoms with van der Waals surface area (Å²) in [7, 11) is -3.78. The second-order valence-corrected chi connectivity index (χ2v) is 10.9. The minimum Gasteiger partial charge on any atom is -0.354 e. The maximum Gasteiger partial charge on any atom is 0.244 e. The highest BCUT2D eigenvalue weighted by Gasteiger charge is 2.30. The zero-order valence-corrected chi connectivity index (χ0v) is 22.0. The first-order valence-electron chi connectivity index (χ1n) is 11.3. The topological polar surface area (TPSA) is 86.8 Å². The summed E-state index contributed by atoms with van der Waals surface area (Å²) in [5, 5.41) is 3.34. The van der Waals surface area contributed by atoms with E-state index in [-0.39, 0.29) is 12.5 Å². The van der Waals surface area contributed by atoms with Gasteiger partial charge in [0, 0.05) is 18.1 Å². The van der Waals surface area contributed by atoms with Crippen molar-refractivity contribution >= 4 is 39.1 Å². The standard InChI is InChI=1S/C25H34ClN3O4S/c1-6-7-13-27-25(31)20(4)28(16-21-10-8-9-18(2)14-21)24(30)17-29(34(5,32)33)23-12-11-22(26)15-19(23)3/h8-12,14-15,20H,6-7,13,16-17H2,1-5H3,(H,27,31). The number of sulfonamides is 1. The zero-order valence-electron chi connectivity index (χ0n) is 20.5. The van der Waals surface area contributed by atoms with Crippen LogP contribution in [0.3, 0.4) is 0 Å². The first-order valence-corrected chi connectivity index (χ1v) is 13.5. The molecule has 0 aliphatic rings. The molecule has 0 spiro atoms. The fourth-order valence-corrected chi connectivity index (χ4v) is 4.75. The number of hydrogen-bond donors (Lipinski definition) is 1. The lowest BCUT2D eigenvalue weighted by Crippen LogP contribution is -2.51. The van der Waals surface area contributed by atoms with E-state index in [0.29, 0.717) is 22.8 Å². The van der Waals surface area contributed by atoms with Crippen molar-refractivity contribution in [1.29, 1.82) is 0 Å². The molecule has 1 N–H and O–H groups in total. The molecule has 0 saturated heterocycles. The van der Waals surface area contributed by atoms with Gasteiger partial charge in [0.05, 0.1) is 11.9 Å².